The predicted octanol–water partition coefficient (Wildman–Crippen LogP) is 3.69. The molecule has 2 aromatic carbocycles. The number of hydrogen-bond donors (Lipinski definition) is 2. The molecule has 0 aliphatic carbocycles. The molecule has 0 fully saturated rings. The van der Waals surface area contributed by atoms with Crippen LogP contribution in [0.2, 0.25) is 5.02 Å². The first-order valence-electron chi connectivity index (χ1n) is 6.87. The Labute approximate surface area is 130 Å². The Kier molecular flexibility index (Phi) is 5.37. The molecule has 0 atom stereocenters. The van der Waals surface area contributed by atoms with Crippen molar-refractivity contribution in [3.8, 4) is 0 Å². The number of halogens is 1. The van der Waals surface area contributed by atoms with Crippen molar-refractivity contribution in [2.24, 2.45) is 0 Å². The molecular weight excluding hydrogens is 284 g/mol. The summed E-state index contributed by atoms with van der Waals surface area (Å²) in [6, 6.07) is 13.5. The summed E-state index contributed by atoms with van der Waals surface area (Å²) < 4.78 is 0. The molecule has 0 bridgehead atoms. The maximum atomic E-state index is 11.9. The zero-order chi connectivity index (χ0) is 15.2. The largest absolute Gasteiger partial charge is 0.325 e. The van der Waals surface area contributed by atoms with E-state index in [1.165, 1.54) is 5.56 Å². The fraction of sp³-hybridized carbons (Fsp3) is 0.235. The number of nitrogens with one attached hydrogen (secondary N) is 2. The number of carbonyl (C=O) groups excluding carboxylic acids is 1. The summed E-state index contributed by atoms with van der Waals surface area (Å²) in [5, 5.41) is 6.74. The molecule has 1 amide bonds. The number of aryl methyl sites for hydroxylation is 1. The van der Waals surface area contributed by atoms with Gasteiger partial charge in [0.1, 0.15) is 0 Å². The highest BCUT2D eigenvalue weighted by Crippen LogP contribution is 2.17. The molecule has 0 saturated carbocycles. The summed E-state index contributed by atoms with van der Waals surface area (Å²) in [5.41, 5.74) is 4.19. The lowest BCUT2D eigenvalue weighted by Crippen LogP contribution is -2.28. The standard InChI is InChI=1S/C17H19ClN2O/c1-12-5-3-8-16(13(12)2)20-17(21)11-19-10-14-6-4-7-15(18)9-14/h3-9,19H,10-11H2,1-2H3,(H,20,21). The van der Waals surface area contributed by atoms with Gasteiger partial charge >= 0.3 is 0 Å². The topological polar surface area (TPSA) is 41.1 Å². The van der Waals surface area contributed by atoms with Crippen LogP contribution >= 0.6 is 11.6 Å². The van der Waals surface area contributed by atoms with Gasteiger partial charge in [-0.25, -0.2) is 0 Å². The van der Waals surface area contributed by atoms with Gasteiger partial charge in [-0.05, 0) is 48.7 Å². The fourth-order valence-corrected chi connectivity index (χ4v) is 2.26. The SMILES string of the molecule is Cc1cccc(NC(=O)CNCc2cccc(Cl)c2)c1C. The molecule has 0 radical (unpaired) electrons. The minimum atomic E-state index is -0.0503. The monoisotopic (exact) mass is 302 g/mol. The Morgan fingerprint density at radius 3 is 2.67 bits per heavy atom. The summed E-state index contributed by atoms with van der Waals surface area (Å²) in [4.78, 5) is 11.9. The van der Waals surface area contributed by atoms with Gasteiger partial charge in [-0.3, -0.25) is 4.79 Å². The van der Waals surface area contributed by atoms with Crippen molar-refractivity contribution in [1.29, 1.82) is 0 Å². The molecular formula is C17H19ClN2O. The first-order chi connectivity index (χ1) is 10.1. The number of benzene rings is 2. The maximum Gasteiger partial charge on any atom is 0.238 e. The number of hydrogen-bond acceptors (Lipinski definition) is 2. The normalized spacial score (nSPS) is 10.4. The average Bonchev–Trinajstić information content (AvgIpc) is 2.44. The molecule has 0 spiro atoms. The molecule has 3 nitrogen and oxygen atoms in total. The van der Waals surface area contributed by atoms with Gasteiger partial charge in [-0.15, -0.1) is 0 Å². The van der Waals surface area contributed by atoms with Crippen LogP contribution in [-0.4, -0.2) is 12.5 Å². The highest BCUT2D eigenvalue weighted by Gasteiger charge is 2.05. The highest BCUT2D eigenvalue weighted by atomic mass is 35.5. The molecule has 0 unspecified atom stereocenters. The smallest absolute Gasteiger partial charge is 0.238 e. The third-order valence-corrected chi connectivity index (χ3v) is 3.62. The lowest BCUT2D eigenvalue weighted by molar-refractivity contribution is -0.115. The van der Waals surface area contributed by atoms with E-state index in [0.717, 1.165) is 16.8 Å². The van der Waals surface area contributed by atoms with E-state index >= 15 is 0 Å². The number of amides is 1. The van der Waals surface area contributed by atoms with Gasteiger partial charge in [-0.1, -0.05) is 35.9 Å². The van der Waals surface area contributed by atoms with Gasteiger partial charge in [0.25, 0.3) is 0 Å². The second-order valence-electron chi connectivity index (χ2n) is 5.03. The Balaban J connectivity index is 1.84. The molecule has 2 rings (SSSR count). The quantitative estimate of drug-likeness (QED) is 0.884. The van der Waals surface area contributed by atoms with Crippen LogP contribution in [0.3, 0.4) is 0 Å². The van der Waals surface area contributed by atoms with Crippen LogP contribution in [0.5, 0.6) is 0 Å². The van der Waals surface area contributed by atoms with Crippen LogP contribution in [0.25, 0.3) is 0 Å². The van der Waals surface area contributed by atoms with Gasteiger partial charge < -0.3 is 10.6 Å². The summed E-state index contributed by atoms with van der Waals surface area (Å²) in [6.07, 6.45) is 0. The highest BCUT2D eigenvalue weighted by molar-refractivity contribution is 6.30. The van der Waals surface area contributed by atoms with Crippen molar-refractivity contribution in [2.75, 3.05) is 11.9 Å². The Morgan fingerprint density at radius 1 is 1.14 bits per heavy atom. The van der Waals surface area contributed by atoms with E-state index in [0.29, 0.717) is 11.6 Å². The van der Waals surface area contributed by atoms with Gasteiger partial charge in [-0.2, -0.15) is 0 Å². The first kappa shape index (κ1) is 15.5. The molecule has 110 valence electrons. The first-order valence-corrected chi connectivity index (χ1v) is 7.25. The van der Waals surface area contributed by atoms with Crippen LogP contribution in [0.4, 0.5) is 5.69 Å². The lowest BCUT2D eigenvalue weighted by Gasteiger charge is -2.11. The molecule has 0 saturated heterocycles. The molecule has 0 aromatic heterocycles. The fourth-order valence-electron chi connectivity index (χ4n) is 2.05. The molecule has 0 aliphatic rings. The number of rotatable bonds is 5. The minimum absolute atomic E-state index is 0.0503. The van der Waals surface area contributed by atoms with E-state index in [4.69, 9.17) is 11.6 Å². The molecule has 2 N–H and O–H groups in total. The van der Waals surface area contributed by atoms with Gasteiger partial charge in [0.2, 0.25) is 5.91 Å². The van der Waals surface area contributed by atoms with E-state index < -0.39 is 0 Å². The van der Waals surface area contributed by atoms with Crippen molar-refractivity contribution < 1.29 is 4.79 Å². The van der Waals surface area contributed by atoms with Crippen molar-refractivity contribution in [3.63, 3.8) is 0 Å². The van der Waals surface area contributed by atoms with Crippen molar-refractivity contribution in [2.45, 2.75) is 20.4 Å². The molecule has 2 aromatic rings. The summed E-state index contributed by atoms with van der Waals surface area (Å²) in [6.45, 7) is 4.91. The second kappa shape index (κ2) is 7.25. The molecule has 0 aliphatic heterocycles. The van der Waals surface area contributed by atoms with Crippen molar-refractivity contribution >= 4 is 23.2 Å². The van der Waals surface area contributed by atoms with E-state index in [-0.39, 0.29) is 12.5 Å². The van der Waals surface area contributed by atoms with Crippen LogP contribution in [0, 0.1) is 13.8 Å². The van der Waals surface area contributed by atoms with Crippen LogP contribution in [0.15, 0.2) is 42.5 Å². The average molecular weight is 303 g/mol. The summed E-state index contributed by atoms with van der Waals surface area (Å²) in [7, 11) is 0. The maximum absolute atomic E-state index is 11.9. The molecule has 0 heterocycles. The van der Waals surface area contributed by atoms with Crippen LogP contribution in [0.1, 0.15) is 16.7 Å². The van der Waals surface area contributed by atoms with Gasteiger partial charge in [0.15, 0.2) is 0 Å². The Bertz CT molecular complexity index is 640. The number of carbonyl (C=O) groups is 1. The van der Waals surface area contributed by atoms with E-state index in [2.05, 4.69) is 10.6 Å². The van der Waals surface area contributed by atoms with Crippen LogP contribution in [-0.2, 0) is 11.3 Å². The second-order valence-corrected chi connectivity index (χ2v) is 5.47. The zero-order valence-electron chi connectivity index (χ0n) is 12.2. The minimum Gasteiger partial charge on any atom is -0.325 e. The lowest BCUT2D eigenvalue weighted by atomic mass is 10.1. The predicted molar refractivity (Wildman–Crippen MR) is 87.7 cm³/mol. The van der Waals surface area contributed by atoms with Gasteiger partial charge in [0, 0.05) is 17.3 Å². The Hall–Kier alpha value is -1.84. The van der Waals surface area contributed by atoms with E-state index in [1.54, 1.807) is 0 Å². The molecule has 21 heavy (non-hydrogen) atoms. The number of anilines is 1. The van der Waals surface area contributed by atoms with Crippen molar-refractivity contribution in [1.82, 2.24) is 5.32 Å². The summed E-state index contributed by atoms with van der Waals surface area (Å²) in [5.74, 6) is -0.0503. The van der Waals surface area contributed by atoms with Crippen LogP contribution < -0.4 is 10.6 Å². The van der Waals surface area contributed by atoms with Crippen molar-refractivity contribution in [3.05, 3.63) is 64.2 Å². The molecule has 4 heteroatoms. The third-order valence-electron chi connectivity index (χ3n) is 3.38. The van der Waals surface area contributed by atoms with Gasteiger partial charge in [0.05, 0.1) is 6.54 Å². The Morgan fingerprint density at radius 2 is 1.90 bits per heavy atom. The third kappa shape index (κ3) is 4.59. The van der Waals surface area contributed by atoms with E-state index in [1.807, 2.05) is 56.3 Å². The summed E-state index contributed by atoms with van der Waals surface area (Å²) >= 11 is 5.92. The zero-order valence-corrected chi connectivity index (χ0v) is 13.0. The van der Waals surface area contributed by atoms with E-state index in [9.17, 15) is 4.79 Å².